The van der Waals surface area contributed by atoms with Crippen molar-refractivity contribution >= 4 is 11.9 Å². The molecule has 1 aromatic heterocycles. The van der Waals surface area contributed by atoms with Crippen molar-refractivity contribution in [2.24, 2.45) is 0 Å². The summed E-state index contributed by atoms with van der Waals surface area (Å²) in [7, 11) is 0. The Morgan fingerprint density at radius 1 is 0.787 bits per heavy atom. The number of carbonyl (C=O) groups is 2. The Labute approximate surface area is 274 Å². The van der Waals surface area contributed by atoms with Crippen LogP contribution in [-0.2, 0) is 4.74 Å². The molecule has 256 valence electrons. The van der Waals surface area contributed by atoms with Gasteiger partial charge in [-0.2, -0.15) is 13.2 Å². The van der Waals surface area contributed by atoms with Crippen molar-refractivity contribution in [3.8, 4) is 22.8 Å². The molecule has 0 saturated heterocycles. The van der Waals surface area contributed by atoms with Crippen LogP contribution in [0.5, 0.6) is 11.6 Å². The molecule has 1 heterocycles. The quantitative estimate of drug-likeness (QED) is 0.0516. The summed E-state index contributed by atoms with van der Waals surface area (Å²) in [4.78, 5) is 33.5. The molecule has 1 unspecified atom stereocenters. The molecule has 47 heavy (non-hydrogen) atoms. The zero-order valence-electron chi connectivity index (χ0n) is 27.1. The Morgan fingerprint density at radius 2 is 1.40 bits per heavy atom. The van der Waals surface area contributed by atoms with Crippen LogP contribution in [0.1, 0.15) is 118 Å². The van der Waals surface area contributed by atoms with Crippen LogP contribution >= 0.6 is 0 Å². The Morgan fingerprint density at radius 3 is 2.04 bits per heavy atom. The molecule has 2 aromatic carbocycles. The van der Waals surface area contributed by atoms with Crippen molar-refractivity contribution < 1.29 is 41.4 Å². The fourth-order valence-electron chi connectivity index (χ4n) is 4.93. The molecule has 0 fully saturated rings. The normalized spacial score (nSPS) is 12.0. The van der Waals surface area contributed by atoms with Crippen molar-refractivity contribution in [1.82, 2.24) is 9.97 Å². The molecular formula is C36H44F4N2O5. The maximum atomic E-state index is 14.8. The highest BCUT2D eigenvalue weighted by molar-refractivity contribution is 5.92. The Balaban J connectivity index is 1.56. The van der Waals surface area contributed by atoms with Gasteiger partial charge in [0.15, 0.2) is 17.7 Å². The molecule has 7 nitrogen and oxygen atoms in total. The van der Waals surface area contributed by atoms with Crippen LogP contribution in [0.25, 0.3) is 11.1 Å². The first kappa shape index (κ1) is 37.4. The molecule has 0 radical (unpaired) electrons. The molecule has 0 N–H and O–H groups in total. The van der Waals surface area contributed by atoms with Gasteiger partial charge in [-0.3, -0.25) is 0 Å². The van der Waals surface area contributed by atoms with Gasteiger partial charge < -0.3 is 14.2 Å². The average molecular weight is 661 g/mol. The van der Waals surface area contributed by atoms with Crippen molar-refractivity contribution in [2.75, 3.05) is 6.61 Å². The molecule has 1 atom stereocenters. The highest BCUT2D eigenvalue weighted by Crippen LogP contribution is 2.30. The third-order valence-electron chi connectivity index (χ3n) is 7.65. The number of hydrogen-bond acceptors (Lipinski definition) is 7. The molecule has 0 bridgehead atoms. The molecule has 11 heteroatoms. The summed E-state index contributed by atoms with van der Waals surface area (Å²) in [6, 6.07) is 9.04. The number of rotatable bonds is 20. The summed E-state index contributed by atoms with van der Waals surface area (Å²) in [6.45, 7) is 4.65. The number of esters is 2. The number of aromatic nitrogens is 2. The van der Waals surface area contributed by atoms with E-state index in [0.717, 1.165) is 37.8 Å². The van der Waals surface area contributed by atoms with E-state index >= 15 is 0 Å². The second-order valence-electron chi connectivity index (χ2n) is 11.5. The van der Waals surface area contributed by atoms with Crippen molar-refractivity contribution in [3.05, 3.63) is 71.9 Å². The van der Waals surface area contributed by atoms with Gasteiger partial charge >= 0.3 is 18.1 Å². The maximum absolute atomic E-state index is 14.8. The first-order chi connectivity index (χ1) is 22.6. The van der Waals surface area contributed by atoms with Crippen LogP contribution in [0.2, 0.25) is 0 Å². The number of nitrogens with zero attached hydrogens (tertiary/aromatic N) is 2. The molecule has 3 aromatic rings. The predicted molar refractivity (Wildman–Crippen MR) is 171 cm³/mol. The van der Waals surface area contributed by atoms with Crippen LogP contribution in [0, 0.1) is 5.82 Å². The first-order valence-corrected chi connectivity index (χ1v) is 16.5. The van der Waals surface area contributed by atoms with Crippen LogP contribution in [0.15, 0.2) is 55.0 Å². The zero-order chi connectivity index (χ0) is 34.1. The minimum Gasteiger partial charge on any atom is -0.477 e. The summed E-state index contributed by atoms with van der Waals surface area (Å²) in [6.07, 6.45) is 7.48. The number of halogens is 4. The molecule has 0 aliphatic carbocycles. The lowest BCUT2D eigenvalue weighted by molar-refractivity contribution is -0.206. The molecule has 0 saturated carbocycles. The largest absolute Gasteiger partial charge is 0.477 e. The van der Waals surface area contributed by atoms with E-state index in [2.05, 4.69) is 21.6 Å². The number of carbonyl (C=O) groups excluding carboxylic acids is 2. The van der Waals surface area contributed by atoms with E-state index in [1.165, 1.54) is 57.0 Å². The Kier molecular flexibility index (Phi) is 15.6. The minimum absolute atomic E-state index is 0.117. The predicted octanol–water partition coefficient (Wildman–Crippen LogP) is 10.1. The van der Waals surface area contributed by atoms with Crippen LogP contribution in [-0.4, -0.2) is 40.8 Å². The highest BCUT2D eigenvalue weighted by Gasteiger charge is 2.42. The summed E-state index contributed by atoms with van der Waals surface area (Å²) < 4.78 is 70.7. The van der Waals surface area contributed by atoms with Gasteiger partial charge in [-0.1, -0.05) is 90.2 Å². The van der Waals surface area contributed by atoms with E-state index in [0.29, 0.717) is 36.1 Å². The van der Waals surface area contributed by atoms with Gasteiger partial charge in [0.05, 0.1) is 23.3 Å². The average Bonchev–Trinajstić information content (AvgIpc) is 3.06. The third-order valence-corrected chi connectivity index (χ3v) is 7.65. The maximum Gasteiger partial charge on any atom is 0.425 e. The number of ether oxygens (including phenoxy) is 3. The summed E-state index contributed by atoms with van der Waals surface area (Å²) in [5, 5.41) is 0. The van der Waals surface area contributed by atoms with Gasteiger partial charge in [-0.05, 0) is 55.2 Å². The Bertz CT molecular complexity index is 1400. The standard InChI is InChI=1S/C36H44F4N2O5/c1-3-5-7-9-10-11-12-14-22-45-33-29(24-41-25-42-33)26-16-18-27(19-17-26)34(43)46-31-21-20-28(23-30(31)37)35(44)47-32(36(38,39)40)15-13-8-6-4-2/h16-21,23-25,32H,3-15,22H2,1-2H3. The van der Waals surface area contributed by atoms with E-state index in [4.69, 9.17) is 9.47 Å². The van der Waals surface area contributed by atoms with E-state index in [1.54, 1.807) is 18.3 Å². The van der Waals surface area contributed by atoms with E-state index in [-0.39, 0.29) is 18.4 Å². The number of benzene rings is 2. The van der Waals surface area contributed by atoms with Gasteiger partial charge in [-0.15, -0.1) is 0 Å². The van der Waals surface area contributed by atoms with Crippen molar-refractivity contribution in [1.29, 1.82) is 0 Å². The molecule has 3 rings (SSSR count). The molecule has 0 aliphatic rings. The highest BCUT2D eigenvalue weighted by atomic mass is 19.4. The fourth-order valence-corrected chi connectivity index (χ4v) is 4.93. The van der Waals surface area contributed by atoms with Crippen LogP contribution < -0.4 is 9.47 Å². The lowest BCUT2D eigenvalue weighted by Gasteiger charge is -2.20. The van der Waals surface area contributed by atoms with Crippen LogP contribution in [0.3, 0.4) is 0 Å². The monoisotopic (exact) mass is 660 g/mol. The molecule has 0 spiro atoms. The minimum atomic E-state index is -4.75. The summed E-state index contributed by atoms with van der Waals surface area (Å²) in [5.74, 6) is -3.35. The summed E-state index contributed by atoms with van der Waals surface area (Å²) >= 11 is 0. The van der Waals surface area contributed by atoms with E-state index < -0.39 is 41.3 Å². The van der Waals surface area contributed by atoms with Gasteiger partial charge in [0.1, 0.15) is 6.33 Å². The Hall–Kier alpha value is -4.02. The van der Waals surface area contributed by atoms with Crippen molar-refractivity contribution in [2.45, 2.75) is 110 Å². The van der Waals surface area contributed by atoms with Gasteiger partial charge in [0.2, 0.25) is 5.88 Å². The lowest BCUT2D eigenvalue weighted by Crippen LogP contribution is -2.33. The van der Waals surface area contributed by atoms with E-state index in [9.17, 15) is 27.2 Å². The SMILES string of the molecule is CCCCCCCCCCOc1ncncc1-c1ccc(C(=O)Oc2ccc(C(=O)OC(CCCCCC)C(F)(F)F)cc2F)cc1. The lowest BCUT2D eigenvalue weighted by atomic mass is 10.1. The number of hydrogen-bond donors (Lipinski definition) is 0. The third kappa shape index (κ3) is 12.6. The number of alkyl halides is 3. The topological polar surface area (TPSA) is 87.6 Å². The molecule has 0 aliphatic heterocycles. The second kappa shape index (κ2) is 19.6. The van der Waals surface area contributed by atoms with Crippen LogP contribution in [0.4, 0.5) is 17.6 Å². The van der Waals surface area contributed by atoms with Gasteiger partial charge in [-0.25, -0.2) is 23.9 Å². The smallest absolute Gasteiger partial charge is 0.425 e. The molecule has 0 amide bonds. The van der Waals surface area contributed by atoms with E-state index in [1.807, 2.05) is 6.92 Å². The van der Waals surface area contributed by atoms with Gasteiger partial charge in [0.25, 0.3) is 0 Å². The zero-order valence-corrected chi connectivity index (χ0v) is 27.1. The van der Waals surface area contributed by atoms with Crippen molar-refractivity contribution in [3.63, 3.8) is 0 Å². The molecular weight excluding hydrogens is 616 g/mol. The first-order valence-electron chi connectivity index (χ1n) is 16.5. The number of unbranched alkanes of at least 4 members (excludes halogenated alkanes) is 10. The summed E-state index contributed by atoms with van der Waals surface area (Å²) in [5.41, 5.74) is 1.03. The fraction of sp³-hybridized carbons (Fsp3) is 0.500. The second-order valence-corrected chi connectivity index (χ2v) is 11.5. The van der Waals surface area contributed by atoms with Gasteiger partial charge in [0, 0.05) is 6.20 Å².